The van der Waals surface area contributed by atoms with E-state index in [0.717, 1.165) is 15.6 Å². The first kappa shape index (κ1) is 18.2. The number of halogens is 1. The van der Waals surface area contributed by atoms with Crippen molar-refractivity contribution in [3.63, 3.8) is 0 Å². The lowest BCUT2D eigenvalue weighted by Gasteiger charge is -2.01. The molecule has 0 bridgehead atoms. The van der Waals surface area contributed by atoms with Crippen LogP contribution in [0.25, 0.3) is 0 Å². The van der Waals surface area contributed by atoms with E-state index < -0.39 is 4.92 Å². The summed E-state index contributed by atoms with van der Waals surface area (Å²) in [5, 5.41) is 14.5. The van der Waals surface area contributed by atoms with Crippen LogP contribution in [0, 0.1) is 10.1 Å². The van der Waals surface area contributed by atoms with Gasteiger partial charge < -0.3 is 0 Å². The Morgan fingerprint density at radius 3 is 2.50 bits per heavy atom. The molecule has 0 radical (unpaired) electrons. The van der Waals surface area contributed by atoms with E-state index in [4.69, 9.17) is 0 Å². The minimum Gasteiger partial charge on any atom is -0.272 e. The molecule has 2 aromatic carbocycles. The summed E-state index contributed by atoms with van der Waals surface area (Å²) in [4.78, 5) is 21.8. The van der Waals surface area contributed by atoms with Crippen LogP contribution in [0.5, 0.6) is 0 Å². The van der Waals surface area contributed by atoms with E-state index >= 15 is 0 Å². The van der Waals surface area contributed by atoms with Crippen molar-refractivity contribution in [2.24, 2.45) is 5.10 Å². The third-order valence-electron chi connectivity index (χ3n) is 2.92. The average molecular weight is 408 g/mol. The number of nitrogens with one attached hydrogen (secondary N) is 1. The van der Waals surface area contributed by atoms with E-state index in [-0.39, 0.29) is 17.3 Å². The molecule has 2 rings (SSSR count). The number of amides is 1. The van der Waals surface area contributed by atoms with Gasteiger partial charge in [-0.2, -0.15) is 5.10 Å². The van der Waals surface area contributed by atoms with E-state index in [1.165, 1.54) is 23.9 Å². The number of nitro groups is 1. The fraction of sp³-hybridized carbons (Fsp3) is 0.125. The molecule has 0 saturated heterocycles. The Bertz CT molecular complexity index is 733. The molecule has 6 nitrogen and oxygen atoms in total. The fourth-order valence-corrected chi connectivity index (χ4v) is 2.78. The molecular formula is C16H14BrN3O3S. The van der Waals surface area contributed by atoms with Crippen LogP contribution in [0.2, 0.25) is 0 Å². The molecule has 0 heterocycles. The van der Waals surface area contributed by atoms with Crippen LogP contribution in [0.3, 0.4) is 0 Å². The fourth-order valence-electron chi connectivity index (χ4n) is 1.74. The summed E-state index contributed by atoms with van der Waals surface area (Å²) >= 11 is 4.76. The van der Waals surface area contributed by atoms with Crippen molar-refractivity contribution in [3.8, 4) is 0 Å². The van der Waals surface area contributed by atoms with E-state index in [2.05, 4.69) is 26.5 Å². The number of hydrazone groups is 1. The first-order valence-corrected chi connectivity index (χ1v) is 8.88. The molecule has 24 heavy (non-hydrogen) atoms. The second kappa shape index (κ2) is 9.19. The summed E-state index contributed by atoms with van der Waals surface area (Å²) in [5.41, 5.74) is 4.34. The Labute approximate surface area is 151 Å². The molecule has 124 valence electrons. The maximum absolute atomic E-state index is 11.7. The molecule has 2 aromatic rings. The second-order valence-electron chi connectivity index (χ2n) is 4.76. The van der Waals surface area contributed by atoms with E-state index in [1.54, 1.807) is 18.3 Å². The number of rotatable bonds is 7. The van der Waals surface area contributed by atoms with Gasteiger partial charge in [0.2, 0.25) is 5.91 Å². The predicted octanol–water partition coefficient (Wildman–Crippen LogP) is 3.74. The minimum absolute atomic E-state index is 0.0590. The maximum atomic E-state index is 11.7. The normalized spacial score (nSPS) is 10.7. The Morgan fingerprint density at radius 2 is 1.88 bits per heavy atom. The van der Waals surface area contributed by atoms with Crippen LogP contribution >= 0.6 is 27.7 Å². The standard InChI is InChI=1S/C16H14BrN3O3S/c17-14-5-1-12(2-6-14)9-18-19-16(21)11-24-10-13-3-7-15(8-4-13)20(22)23/h1-9H,10-11H2,(H,19,21)/b18-9-. The highest BCUT2D eigenvalue weighted by atomic mass is 79.9. The zero-order valence-corrected chi connectivity index (χ0v) is 14.9. The largest absolute Gasteiger partial charge is 0.272 e. The zero-order chi connectivity index (χ0) is 17.4. The van der Waals surface area contributed by atoms with Gasteiger partial charge in [0.15, 0.2) is 0 Å². The molecule has 0 spiro atoms. The van der Waals surface area contributed by atoms with E-state index in [1.807, 2.05) is 24.3 Å². The molecule has 8 heteroatoms. The van der Waals surface area contributed by atoms with Gasteiger partial charge in [-0.05, 0) is 23.3 Å². The smallest absolute Gasteiger partial charge is 0.269 e. The van der Waals surface area contributed by atoms with Crippen molar-refractivity contribution < 1.29 is 9.72 Å². The van der Waals surface area contributed by atoms with Crippen LogP contribution in [0.15, 0.2) is 58.1 Å². The van der Waals surface area contributed by atoms with E-state index in [9.17, 15) is 14.9 Å². The SMILES string of the molecule is O=C(CSCc1ccc([N+](=O)[O-])cc1)N/N=C\c1ccc(Br)cc1. The summed E-state index contributed by atoms with van der Waals surface area (Å²) < 4.78 is 0.978. The van der Waals surface area contributed by atoms with Gasteiger partial charge in [-0.3, -0.25) is 14.9 Å². The van der Waals surface area contributed by atoms with Crippen molar-refractivity contribution in [1.29, 1.82) is 0 Å². The Morgan fingerprint density at radius 1 is 1.21 bits per heavy atom. The van der Waals surface area contributed by atoms with Crippen molar-refractivity contribution in [2.45, 2.75) is 5.75 Å². The number of non-ortho nitro benzene ring substituents is 1. The molecular weight excluding hydrogens is 394 g/mol. The number of carbonyl (C=O) groups excluding carboxylic acids is 1. The van der Waals surface area contributed by atoms with Gasteiger partial charge in [-0.1, -0.05) is 40.2 Å². The van der Waals surface area contributed by atoms with Gasteiger partial charge in [-0.25, -0.2) is 5.43 Å². The first-order chi connectivity index (χ1) is 11.5. The highest BCUT2D eigenvalue weighted by molar-refractivity contribution is 9.10. The van der Waals surface area contributed by atoms with Crippen LogP contribution in [0.1, 0.15) is 11.1 Å². The third-order valence-corrected chi connectivity index (χ3v) is 4.45. The van der Waals surface area contributed by atoms with Gasteiger partial charge in [-0.15, -0.1) is 11.8 Å². The monoisotopic (exact) mass is 407 g/mol. The number of carbonyl (C=O) groups is 1. The number of benzene rings is 2. The molecule has 0 aromatic heterocycles. The number of hydrogen-bond donors (Lipinski definition) is 1. The number of hydrogen-bond acceptors (Lipinski definition) is 5. The number of nitro benzene ring substituents is 1. The van der Waals surface area contributed by atoms with E-state index in [0.29, 0.717) is 5.75 Å². The molecule has 0 aliphatic heterocycles. The Balaban J connectivity index is 1.71. The molecule has 0 saturated carbocycles. The molecule has 0 aliphatic carbocycles. The minimum atomic E-state index is -0.437. The highest BCUT2D eigenvalue weighted by Gasteiger charge is 2.05. The Hall–Kier alpha value is -2.19. The quantitative estimate of drug-likeness (QED) is 0.430. The van der Waals surface area contributed by atoms with Crippen molar-refractivity contribution >= 4 is 45.5 Å². The molecule has 1 amide bonds. The summed E-state index contributed by atoms with van der Waals surface area (Å²) in [5.74, 6) is 0.659. The predicted molar refractivity (Wildman–Crippen MR) is 99.1 cm³/mol. The third kappa shape index (κ3) is 6.13. The number of thioether (sulfide) groups is 1. The van der Waals surface area contributed by atoms with Gasteiger partial charge in [0.05, 0.1) is 16.9 Å². The topological polar surface area (TPSA) is 84.6 Å². The highest BCUT2D eigenvalue weighted by Crippen LogP contribution is 2.16. The molecule has 0 fully saturated rings. The second-order valence-corrected chi connectivity index (χ2v) is 6.66. The summed E-state index contributed by atoms with van der Waals surface area (Å²) in [6, 6.07) is 13.8. The lowest BCUT2D eigenvalue weighted by Crippen LogP contribution is -2.19. The van der Waals surface area contributed by atoms with Gasteiger partial charge >= 0.3 is 0 Å². The first-order valence-electron chi connectivity index (χ1n) is 6.93. The Kier molecular flexibility index (Phi) is 6.95. The van der Waals surface area contributed by atoms with Crippen molar-refractivity contribution in [3.05, 3.63) is 74.2 Å². The lowest BCUT2D eigenvalue weighted by atomic mass is 10.2. The lowest BCUT2D eigenvalue weighted by molar-refractivity contribution is -0.384. The summed E-state index contributed by atoms with van der Waals surface area (Å²) in [6.07, 6.45) is 1.57. The van der Waals surface area contributed by atoms with Gasteiger partial charge in [0.1, 0.15) is 0 Å². The summed E-state index contributed by atoms with van der Waals surface area (Å²) in [7, 11) is 0. The van der Waals surface area contributed by atoms with Gasteiger partial charge in [0, 0.05) is 22.4 Å². The number of nitrogens with zero attached hydrogens (tertiary/aromatic N) is 2. The van der Waals surface area contributed by atoms with Crippen LogP contribution in [0.4, 0.5) is 5.69 Å². The molecule has 0 unspecified atom stereocenters. The van der Waals surface area contributed by atoms with Crippen LogP contribution in [-0.2, 0) is 10.5 Å². The maximum Gasteiger partial charge on any atom is 0.269 e. The summed E-state index contributed by atoms with van der Waals surface area (Å²) in [6.45, 7) is 0. The van der Waals surface area contributed by atoms with Crippen LogP contribution in [-0.4, -0.2) is 22.8 Å². The van der Waals surface area contributed by atoms with Crippen LogP contribution < -0.4 is 5.43 Å². The van der Waals surface area contributed by atoms with Crippen molar-refractivity contribution in [2.75, 3.05) is 5.75 Å². The average Bonchev–Trinajstić information content (AvgIpc) is 2.57. The zero-order valence-electron chi connectivity index (χ0n) is 12.5. The molecule has 1 N–H and O–H groups in total. The molecule has 0 aliphatic rings. The van der Waals surface area contributed by atoms with Crippen molar-refractivity contribution in [1.82, 2.24) is 5.43 Å². The van der Waals surface area contributed by atoms with Gasteiger partial charge in [0.25, 0.3) is 5.69 Å². The molecule has 0 atom stereocenters.